The molecule has 0 aliphatic carbocycles. The van der Waals surface area contributed by atoms with Gasteiger partial charge in [0, 0.05) is 49.7 Å². The molecular weight excluding hydrogens is 470 g/mol. The summed E-state index contributed by atoms with van der Waals surface area (Å²) in [6.45, 7) is 4.64. The minimum Gasteiger partial charge on any atom is -0.496 e. The number of fused-ring (bicyclic) bond motifs is 1. The quantitative estimate of drug-likeness (QED) is 0.332. The van der Waals surface area contributed by atoms with Crippen LogP contribution in [0.2, 0.25) is 0 Å². The van der Waals surface area contributed by atoms with Crippen LogP contribution in [0.4, 0.5) is 0 Å². The van der Waals surface area contributed by atoms with E-state index in [0.29, 0.717) is 29.9 Å². The highest BCUT2D eigenvalue weighted by Gasteiger charge is 2.16. The highest BCUT2D eigenvalue weighted by Crippen LogP contribution is 2.30. The lowest BCUT2D eigenvalue weighted by atomic mass is 10.00. The van der Waals surface area contributed by atoms with Crippen molar-refractivity contribution >= 4 is 34.8 Å². The third-order valence-electron chi connectivity index (χ3n) is 6.16. The van der Waals surface area contributed by atoms with Crippen LogP contribution in [0.5, 0.6) is 5.75 Å². The number of rotatable bonds is 10. The van der Waals surface area contributed by atoms with Crippen LogP contribution >= 0.6 is 0 Å². The maximum absolute atomic E-state index is 12.5. The molecule has 2 aromatic carbocycles. The molecule has 0 fully saturated rings. The number of carbonyl (C=O) groups excluding carboxylic acids is 3. The Morgan fingerprint density at radius 2 is 1.81 bits per heavy atom. The summed E-state index contributed by atoms with van der Waals surface area (Å²) in [5, 5.41) is 3.87. The number of amides is 2. The summed E-state index contributed by atoms with van der Waals surface area (Å²) < 4.78 is 12.3. The molecule has 37 heavy (non-hydrogen) atoms. The number of carbonyl (C=O) groups is 3. The first kappa shape index (κ1) is 27.5. The van der Waals surface area contributed by atoms with E-state index >= 15 is 0 Å². The lowest BCUT2D eigenvalue weighted by Gasteiger charge is -2.11. The average molecular weight is 506 g/mol. The topological polar surface area (TPSA) is 89.9 Å². The number of ether oxygens (including phenoxy) is 2. The normalized spacial score (nSPS) is 11.4. The van der Waals surface area contributed by atoms with E-state index < -0.39 is 5.97 Å². The number of benzene rings is 2. The van der Waals surface area contributed by atoms with E-state index in [0.717, 1.165) is 34.0 Å². The Hall–Kier alpha value is -4.07. The van der Waals surface area contributed by atoms with Gasteiger partial charge >= 0.3 is 5.97 Å². The van der Waals surface area contributed by atoms with E-state index in [1.54, 1.807) is 45.2 Å². The lowest BCUT2D eigenvalue weighted by molar-refractivity contribution is -0.129. The van der Waals surface area contributed by atoms with E-state index in [4.69, 9.17) is 9.47 Å². The van der Waals surface area contributed by atoms with Gasteiger partial charge in [-0.15, -0.1) is 0 Å². The number of methoxy groups -OCH3 is 2. The summed E-state index contributed by atoms with van der Waals surface area (Å²) >= 11 is 0. The van der Waals surface area contributed by atoms with E-state index in [-0.39, 0.29) is 18.4 Å². The summed E-state index contributed by atoms with van der Waals surface area (Å²) in [4.78, 5) is 38.4. The van der Waals surface area contributed by atoms with E-state index in [9.17, 15) is 14.4 Å². The average Bonchev–Trinajstić information content (AvgIpc) is 3.22. The second-order valence-electron chi connectivity index (χ2n) is 9.13. The van der Waals surface area contributed by atoms with Gasteiger partial charge in [-0.1, -0.05) is 19.1 Å². The molecule has 0 saturated carbocycles. The van der Waals surface area contributed by atoms with Gasteiger partial charge < -0.3 is 24.3 Å². The smallest absolute Gasteiger partial charge is 0.337 e. The Labute approximate surface area is 217 Å². The zero-order valence-corrected chi connectivity index (χ0v) is 22.4. The molecule has 0 aliphatic rings. The van der Waals surface area contributed by atoms with Crippen LogP contribution in [-0.2, 0) is 27.3 Å². The van der Waals surface area contributed by atoms with Crippen LogP contribution in [0.25, 0.3) is 17.0 Å². The van der Waals surface area contributed by atoms with Crippen molar-refractivity contribution < 1.29 is 23.9 Å². The van der Waals surface area contributed by atoms with Crippen LogP contribution in [0.1, 0.15) is 47.3 Å². The van der Waals surface area contributed by atoms with Crippen molar-refractivity contribution in [2.24, 2.45) is 0 Å². The zero-order chi connectivity index (χ0) is 27.1. The fraction of sp³-hybridized carbons (Fsp3) is 0.345. The molecule has 0 spiro atoms. The minimum absolute atomic E-state index is 0.0177. The molecule has 1 N–H and O–H groups in total. The number of hydrogen-bond acceptors (Lipinski definition) is 5. The third kappa shape index (κ3) is 6.58. The molecule has 8 nitrogen and oxygen atoms in total. The molecule has 3 aromatic rings. The molecule has 0 saturated heterocycles. The first-order valence-electron chi connectivity index (χ1n) is 12.2. The standard InChI is InChI=1S/C29H35N3O5/c1-7-12-30-28(34)19(2)13-20-8-11-25-24(14-20)23(17-32(25)18-27(33)31(3)4)15-21-9-10-22(29(35)37-6)16-26(21)36-5/h8-11,13-14,16-17H,7,12,15,18H2,1-6H3,(H,30,34)/b19-13+. The fourth-order valence-electron chi connectivity index (χ4n) is 4.07. The summed E-state index contributed by atoms with van der Waals surface area (Å²) in [5.41, 5.74) is 4.73. The monoisotopic (exact) mass is 505 g/mol. The molecule has 1 aromatic heterocycles. The third-order valence-corrected chi connectivity index (χ3v) is 6.16. The van der Waals surface area contributed by atoms with Crippen LogP contribution in [0.15, 0.2) is 48.2 Å². The van der Waals surface area contributed by atoms with E-state index in [2.05, 4.69) is 5.32 Å². The SMILES string of the molecule is CCCNC(=O)/C(C)=C/c1ccc2c(c1)c(Cc1ccc(C(=O)OC)cc1OC)cn2CC(=O)N(C)C. The van der Waals surface area contributed by atoms with Crippen LogP contribution in [-0.4, -0.2) is 62.1 Å². The van der Waals surface area contributed by atoms with Gasteiger partial charge in [0.25, 0.3) is 0 Å². The second-order valence-corrected chi connectivity index (χ2v) is 9.13. The van der Waals surface area contributed by atoms with Crippen molar-refractivity contribution in [1.29, 1.82) is 0 Å². The highest BCUT2D eigenvalue weighted by molar-refractivity contribution is 5.98. The van der Waals surface area contributed by atoms with Crippen molar-refractivity contribution in [1.82, 2.24) is 14.8 Å². The summed E-state index contributed by atoms with van der Waals surface area (Å²) in [6.07, 6.45) is 5.24. The van der Waals surface area contributed by atoms with E-state index in [1.165, 1.54) is 7.11 Å². The van der Waals surface area contributed by atoms with Crippen molar-refractivity contribution in [2.45, 2.75) is 33.2 Å². The first-order valence-corrected chi connectivity index (χ1v) is 12.2. The summed E-state index contributed by atoms with van der Waals surface area (Å²) in [6, 6.07) is 11.2. The largest absolute Gasteiger partial charge is 0.496 e. The summed E-state index contributed by atoms with van der Waals surface area (Å²) in [5.74, 6) is 0.0358. The molecule has 0 atom stereocenters. The Morgan fingerprint density at radius 1 is 1.05 bits per heavy atom. The van der Waals surface area contributed by atoms with Gasteiger partial charge in [0.15, 0.2) is 0 Å². The number of nitrogens with one attached hydrogen (secondary N) is 1. The van der Waals surface area contributed by atoms with Crippen LogP contribution in [0, 0.1) is 0 Å². The second kappa shape index (κ2) is 12.3. The number of aromatic nitrogens is 1. The lowest BCUT2D eigenvalue weighted by Crippen LogP contribution is -2.25. The van der Waals surface area contributed by atoms with Crippen molar-refractivity contribution in [2.75, 3.05) is 34.9 Å². The van der Waals surface area contributed by atoms with Gasteiger partial charge in [0.1, 0.15) is 12.3 Å². The number of nitrogens with zero attached hydrogens (tertiary/aromatic N) is 2. The molecule has 196 valence electrons. The molecule has 0 bridgehead atoms. The number of hydrogen-bond donors (Lipinski definition) is 1. The van der Waals surface area contributed by atoms with Gasteiger partial charge in [0.2, 0.25) is 11.8 Å². The summed E-state index contributed by atoms with van der Waals surface area (Å²) in [7, 11) is 6.37. The van der Waals surface area contributed by atoms with Gasteiger partial charge in [0.05, 0.1) is 19.8 Å². The molecule has 0 radical (unpaired) electrons. The molecule has 3 rings (SSSR count). The van der Waals surface area contributed by atoms with Crippen molar-refractivity contribution in [3.63, 3.8) is 0 Å². The van der Waals surface area contributed by atoms with E-state index in [1.807, 2.05) is 48.0 Å². The van der Waals surface area contributed by atoms with Gasteiger partial charge in [-0.05, 0) is 60.4 Å². The Morgan fingerprint density at radius 3 is 2.46 bits per heavy atom. The van der Waals surface area contributed by atoms with Crippen molar-refractivity contribution in [3.05, 3.63) is 70.4 Å². The molecule has 0 unspecified atom stereocenters. The maximum Gasteiger partial charge on any atom is 0.337 e. The molecule has 0 aliphatic heterocycles. The Kier molecular flexibility index (Phi) is 9.11. The van der Waals surface area contributed by atoms with Crippen molar-refractivity contribution in [3.8, 4) is 5.75 Å². The molecular formula is C29H35N3O5. The highest BCUT2D eigenvalue weighted by atomic mass is 16.5. The maximum atomic E-state index is 12.5. The molecule has 8 heteroatoms. The molecule has 2 amide bonds. The first-order chi connectivity index (χ1) is 17.7. The Bertz CT molecular complexity index is 1340. The fourth-order valence-corrected chi connectivity index (χ4v) is 4.07. The zero-order valence-electron chi connectivity index (χ0n) is 22.4. The van der Waals surface area contributed by atoms with Gasteiger partial charge in [-0.25, -0.2) is 4.79 Å². The Balaban J connectivity index is 2.06. The number of likely N-dealkylation sites (N-methyl/N-ethyl adjacent to an activating group) is 1. The predicted octanol–water partition coefficient (Wildman–Crippen LogP) is 4.05. The predicted molar refractivity (Wildman–Crippen MR) is 145 cm³/mol. The van der Waals surface area contributed by atoms with Gasteiger partial charge in [-0.3, -0.25) is 9.59 Å². The molecule has 1 heterocycles. The van der Waals surface area contributed by atoms with Crippen LogP contribution < -0.4 is 10.1 Å². The number of esters is 1. The van der Waals surface area contributed by atoms with Crippen LogP contribution in [0.3, 0.4) is 0 Å². The minimum atomic E-state index is -0.432. The van der Waals surface area contributed by atoms with Gasteiger partial charge in [-0.2, -0.15) is 0 Å².